The van der Waals surface area contributed by atoms with Crippen LogP contribution < -0.4 is 16.0 Å². The SMILES string of the molecule is CCCn1ccc(=O)n(Cc2cccc(OC)c2)c1=O. The molecule has 2 rings (SSSR count). The van der Waals surface area contributed by atoms with Gasteiger partial charge in [0.15, 0.2) is 0 Å². The van der Waals surface area contributed by atoms with E-state index in [9.17, 15) is 9.59 Å². The van der Waals surface area contributed by atoms with Gasteiger partial charge in [-0.1, -0.05) is 19.1 Å². The topological polar surface area (TPSA) is 53.2 Å². The summed E-state index contributed by atoms with van der Waals surface area (Å²) in [5.41, 5.74) is 0.296. The van der Waals surface area contributed by atoms with Crippen molar-refractivity contribution in [3.05, 3.63) is 62.9 Å². The Balaban J connectivity index is 2.40. The van der Waals surface area contributed by atoms with Crippen LogP contribution >= 0.6 is 0 Å². The molecule has 0 aliphatic carbocycles. The molecule has 106 valence electrons. The normalized spacial score (nSPS) is 10.5. The first-order valence-electron chi connectivity index (χ1n) is 6.59. The molecular formula is C15H18N2O3. The Morgan fingerprint density at radius 3 is 2.70 bits per heavy atom. The molecule has 1 aromatic carbocycles. The lowest BCUT2D eigenvalue weighted by Crippen LogP contribution is -2.39. The summed E-state index contributed by atoms with van der Waals surface area (Å²) in [6.07, 6.45) is 2.40. The van der Waals surface area contributed by atoms with E-state index in [-0.39, 0.29) is 17.8 Å². The minimum Gasteiger partial charge on any atom is -0.497 e. The fourth-order valence-electron chi connectivity index (χ4n) is 2.07. The van der Waals surface area contributed by atoms with Gasteiger partial charge in [-0.15, -0.1) is 0 Å². The third-order valence-electron chi connectivity index (χ3n) is 3.08. The zero-order valence-electron chi connectivity index (χ0n) is 11.7. The lowest BCUT2D eigenvalue weighted by atomic mass is 10.2. The molecule has 0 aliphatic heterocycles. The summed E-state index contributed by atoms with van der Waals surface area (Å²) in [5.74, 6) is 0.709. The second-order valence-electron chi connectivity index (χ2n) is 4.57. The van der Waals surface area contributed by atoms with Crippen molar-refractivity contribution in [1.29, 1.82) is 0 Å². The van der Waals surface area contributed by atoms with E-state index in [2.05, 4.69) is 0 Å². The second-order valence-corrected chi connectivity index (χ2v) is 4.57. The predicted molar refractivity (Wildman–Crippen MR) is 77.3 cm³/mol. The monoisotopic (exact) mass is 274 g/mol. The van der Waals surface area contributed by atoms with Crippen LogP contribution in [0.15, 0.2) is 46.1 Å². The molecule has 5 heteroatoms. The minimum atomic E-state index is -0.287. The number of methoxy groups -OCH3 is 1. The molecule has 0 saturated heterocycles. The van der Waals surface area contributed by atoms with E-state index in [1.165, 1.54) is 10.6 Å². The summed E-state index contributed by atoms with van der Waals surface area (Å²) >= 11 is 0. The van der Waals surface area contributed by atoms with Crippen molar-refractivity contribution in [3.63, 3.8) is 0 Å². The molecule has 0 atom stereocenters. The number of hydrogen-bond donors (Lipinski definition) is 0. The Labute approximate surface area is 117 Å². The smallest absolute Gasteiger partial charge is 0.331 e. The van der Waals surface area contributed by atoms with Gasteiger partial charge in [0.1, 0.15) is 5.75 Å². The highest BCUT2D eigenvalue weighted by Crippen LogP contribution is 2.12. The highest BCUT2D eigenvalue weighted by molar-refractivity contribution is 5.28. The van der Waals surface area contributed by atoms with Crippen LogP contribution in [0.1, 0.15) is 18.9 Å². The molecule has 1 heterocycles. The van der Waals surface area contributed by atoms with Crippen LogP contribution in [0.4, 0.5) is 0 Å². The maximum atomic E-state index is 12.2. The largest absolute Gasteiger partial charge is 0.497 e. The molecule has 0 unspecified atom stereocenters. The Bertz CT molecular complexity index is 701. The van der Waals surface area contributed by atoms with Crippen molar-refractivity contribution in [2.24, 2.45) is 0 Å². The van der Waals surface area contributed by atoms with Gasteiger partial charge in [-0.25, -0.2) is 4.79 Å². The summed E-state index contributed by atoms with van der Waals surface area (Å²) < 4.78 is 7.94. The summed E-state index contributed by atoms with van der Waals surface area (Å²) in [6, 6.07) is 8.78. The van der Waals surface area contributed by atoms with Gasteiger partial charge >= 0.3 is 5.69 Å². The van der Waals surface area contributed by atoms with Crippen LogP contribution in [0, 0.1) is 0 Å². The van der Waals surface area contributed by atoms with Crippen molar-refractivity contribution in [1.82, 2.24) is 9.13 Å². The van der Waals surface area contributed by atoms with E-state index < -0.39 is 0 Å². The third kappa shape index (κ3) is 2.99. The molecule has 1 aromatic heterocycles. The molecule has 0 spiro atoms. The van der Waals surface area contributed by atoms with Gasteiger partial charge in [0.2, 0.25) is 0 Å². The average Bonchev–Trinajstić information content (AvgIpc) is 2.47. The Kier molecular flexibility index (Phi) is 4.40. The van der Waals surface area contributed by atoms with E-state index in [0.29, 0.717) is 12.3 Å². The lowest BCUT2D eigenvalue weighted by Gasteiger charge is -2.09. The van der Waals surface area contributed by atoms with Crippen LogP contribution in [0.3, 0.4) is 0 Å². The molecule has 0 aliphatic rings. The second kappa shape index (κ2) is 6.23. The standard InChI is InChI=1S/C15H18N2O3/c1-3-8-16-9-7-14(18)17(15(16)19)11-12-5-4-6-13(10-12)20-2/h4-7,9-10H,3,8,11H2,1-2H3. The molecule has 2 aromatic rings. The third-order valence-corrected chi connectivity index (χ3v) is 3.08. The van der Waals surface area contributed by atoms with Gasteiger partial charge in [-0.3, -0.25) is 9.36 Å². The van der Waals surface area contributed by atoms with Crippen LogP contribution in [0.25, 0.3) is 0 Å². The van der Waals surface area contributed by atoms with Crippen molar-refractivity contribution < 1.29 is 4.74 Å². The van der Waals surface area contributed by atoms with Crippen LogP contribution in [-0.4, -0.2) is 16.2 Å². The van der Waals surface area contributed by atoms with Gasteiger partial charge in [0.25, 0.3) is 5.56 Å². The average molecular weight is 274 g/mol. The summed E-state index contributed by atoms with van der Waals surface area (Å²) in [7, 11) is 1.59. The van der Waals surface area contributed by atoms with Crippen LogP contribution in [0.2, 0.25) is 0 Å². The van der Waals surface area contributed by atoms with Gasteiger partial charge in [-0.2, -0.15) is 0 Å². The summed E-state index contributed by atoms with van der Waals surface area (Å²) in [4.78, 5) is 24.1. The molecular weight excluding hydrogens is 256 g/mol. The lowest BCUT2D eigenvalue weighted by molar-refractivity contribution is 0.414. The van der Waals surface area contributed by atoms with Crippen LogP contribution in [0.5, 0.6) is 5.75 Å². The van der Waals surface area contributed by atoms with E-state index in [4.69, 9.17) is 4.74 Å². The fourth-order valence-corrected chi connectivity index (χ4v) is 2.07. The van der Waals surface area contributed by atoms with Crippen molar-refractivity contribution >= 4 is 0 Å². The summed E-state index contributed by atoms with van der Waals surface area (Å²) in [5, 5.41) is 0. The molecule has 0 N–H and O–H groups in total. The Morgan fingerprint density at radius 2 is 2.00 bits per heavy atom. The number of aryl methyl sites for hydroxylation is 1. The molecule has 0 radical (unpaired) electrons. The first-order chi connectivity index (χ1) is 9.65. The quantitative estimate of drug-likeness (QED) is 0.829. The van der Waals surface area contributed by atoms with E-state index in [0.717, 1.165) is 12.0 Å². The highest BCUT2D eigenvalue weighted by atomic mass is 16.5. The highest BCUT2D eigenvalue weighted by Gasteiger charge is 2.06. The number of aromatic nitrogens is 2. The number of ether oxygens (including phenoxy) is 1. The Morgan fingerprint density at radius 1 is 1.20 bits per heavy atom. The van der Waals surface area contributed by atoms with Gasteiger partial charge < -0.3 is 9.30 Å². The molecule has 20 heavy (non-hydrogen) atoms. The summed E-state index contributed by atoms with van der Waals surface area (Å²) in [6.45, 7) is 2.85. The van der Waals surface area contributed by atoms with E-state index >= 15 is 0 Å². The van der Waals surface area contributed by atoms with E-state index in [1.807, 2.05) is 31.2 Å². The van der Waals surface area contributed by atoms with Crippen molar-refractivity contribution in [2.75, 3.05) is 7.11 Å². The molecule has 0 fully saturated rings. The number of hydrogen-bond acceptors (Lipinski definition) is 3. The number of rotatable bonds is 5. The maximum absolute atomic E-state index is 12.2. The molecule has 0 amide bonds. The van der Waals surface area contributed by atoms with Crippen LogP contribution in [-0.2, 0) is 13.1 Å². The van der Waals surface area contributed by atoms with Gasteiger partial charge in [0.05, 0.1) is 13.7 Å². The minimum absolute atomic E-state index is 0.249. The molecule has 0 bridgehead atoms. The van der Waals surface area contributed by atoms with E-state index in [1.54, 1.807) is 17.9 Å². The Hall–Kier alpha value is -2.30. The van der Waals surface area contributed by atoms with Crippen molar-refractivity contribution in [2.45, 2.75) is 26.4 Å². The molecule has 5 nitrogen and oxygen atoms in total. The maximum Gasteiger partial charge on any atom is 0.331 e. The van der Waals surface area contributed by atoms with Gasteiger partial charge in [0, 0.05) is 18.8 Å². The first-order valence-corrected chi connectivity index (χ1v) is 6.59. The number of nitrogens with zero attached hydrogens (tertiary/aromatic N) is 2. The zero-order chi connectivity index (χ0) is 14.5. The number of benzene rings is 1. The van der Waals surface area contributed by atoms with Gasteiger partial charge in [-0.05, 0) is 24.1 Å². The molecule has 0 saturated carbocycles. The predicted octanol–water partition coefficient (Wildman–Crippen LogP) is 1.48. The zero-order valence-corrected chi connectivity index (χ0v) is 11.7. The fraction of sp³-hybridized carbons (Fsp3) is 0.333. The first kappa shape index (κ1) is 14.1. The van der Waals surface area contributed by atoms with Crippen molar-refractivity contribution in [3.8, 4) is 5.75 Å².